The number of benzene rings is 1. The Morgan fingerprint density at radius 3 is 2.65 bits per heavy atom. The van der Waals surface area contributed by atoms with Crippen LogP contribution in [0.25, 0.3) is 0 Å². The second-order valence-electron chi connectivity index (χ2n) is 9.75. The fraction of sp³-hybridized carbons (Fsp3) is 0.545. The number of hydrogen-bond acceptors (Lipinski definition) is 7. The van der Waals surface area contributed by atoms with Gasteiger partial charge in [-0.2, -0.15) is 0 Å². The van der Waals surface area contributed by atoms with Crippen molar-refractivity contribution >= 4 is 23.3 Å². The molecule has 2 aromatic rings. The van der Waals surface area contributed by atoms with Crippen molar-refractivity contribution in [1.82, 2.24) is 15.5 Å². The molecule has 1 atom stereocenters. The molecule has 1 unspecified atom stereocenters. The Labute approximate surface area is 196 Å². The summed E-state index contributed by atoms with van der Waals surface area (Å²) in [5, 5.41) is 11.6. The zero-order chi connectivity index (χ0) is 23.9. The fourth-order valence-electron chi connectivity index (χ4n) is 5.60. The van der Waals surface area contributed by atoms with Gasteiger partial charge in [-0.05, 0) is 50.3 Å². The van der Waals surface area contributed by atoms with Crippen molar-refractivity contribution < 1.29 is 36.7 Å². The molecule has 2 heterocycles. The molecule has 1 aromatic carbocycles. The lowest BCUT2D eigenvalue weighted by atomic mass is 9.39. The maximum absolute atomic E-state index is 12.8. The molecule has 8 nitrogen and oxygen atoms in total. The number of ether oxygens (including phenoxy) is 2. The molecule has 0 spiro atoms. The van der Waals surface area contributed by atoms with Gasteiger partial charge in [0, 0.05) is 16.5 Å². The number of nitrogens with one attached hydrogen (secondary N) is 1. The van der Waals surface area contributed by atoms with E-state index >= 15 is 0 Å². The Hall–Kier alpha value is -2.66. The summed E-state index contributed by atoms with van der Waals surface area (Å²) >= 11 is 5.93. The first-order valence-corrected chi connectivity index (χ1v) is 11.3. The predicted molar refractivity (Wildman–Crippen MR) is 108 cm³/mol. The van der Waals surface area contributed by atoms with Crippen LogP contribution in [0, 0.1) is 0 Å². The monoisotopic (exact) mass is 497 g/mol. The van der Waals surface area contributed by atoms with Crippen LogP contribution < -0.4 is 10.1 Å². The van der Waals surface area contributed by atoms with E-state index in [4.69, 9.17) is 20.8 Å². The lowest BCUT2D eigenvalue weighted by molar-refractivity contribution is -0.352. The van der Waals surface area contributed by atoms with Crippen molar-refractivity contribution in [3.8, 4) is 5.75 Å². The quantitative estimate of drug-likeness (QED) is 0.669. The van der Waals surface area contributed by atoms with E-state index in [1.807, 2.05) is 0 Å². The van der Waals surface area contributed by atoms with Crippen LogP contribution in [0.1, 0.15) is 66.6 Å². The van der Waals surface area contributed by atoms with Crippen LogP contribution in [0.15, 0.2) is 22.6 Å². The highest BCUT2D eigenvalue weighted by Gasteiger charge is 2.72. The lowest BCUT2D eigenvalue weighted by Gasteiger charge is -2.68. The molecule has 4 fully saturated rings. The minimum Gasteiger partial charge on any atom is -0.479 e. The number of halogens is 4. The van der Waals surface area contributed by atoms with Gasteiger partial charge in [0.05, 0.1) is 23.5 Å². The van der Waals surface area contributed by atoms with E-state index in [1.54, 1.807) is 12.1 Å². The van der Waals surface area contributed by atoms with Crippen LogP contribution in [0.4, 0.5) is 13.2 Å². The number of alkyl halides is 3. The molecular weight excluding hydrogens is 479 g/mol. The lowest BCUT2D eigenvalue weighted by Crippen LogP contribution is -2.77. The number of amides is 1. The molecule has 1 amide bonds. The third-order valence-corrected chi connectivity index (χ3v) is 7.47. The summed E-state index contributed by atoms with van der Waals surface area (Å²) in [5.41, 5.74) is -0.354. The van der Waals surface area contributed by atoms with Crippen LogP contribution >= 0.6 is 11.6 Å². The van der Waals surface area contributed by atoms with Crippen molar-refractivity contribution in [2.75, 3.05) is 0 Å². The molecule has 4 saturated carbocycles. The average molecular weight is 498 g/mol. The topological polar surface area (TPSA) is 104 Å². The van der Waals surface area contributed by atoms with Crippen molar-refractivity contribution in [1.29, 1.82) is 0 Å². The minimum absolute atomic E-state index is 0.0617. The summed E-state index contributed by atoms with van der Waals surface area (Å²) in [6.45, 7) is 0. The molecule has 0 saturated heterocycles. The Kier molecular flexibility index (Phi) is 4.61. The van der Waals surface area contributed by atoms with Gasteiger partial charge in [-0.1, -0.05) is 11.6 Å². The maximum atomic E-state index is 12.8. The van der Waals surface area contributed by atoms with E-state index in [9.17, 15) is 22.8 Å². The van der Waals surface area contributed by atoms with E-state index in [0.717, 1.165) is 0 Å². The Morgan fingerprint density at radius 2 is 1.94 bits per heavy atom. The normalized spacial score (nSPS) is 33.6. The van der Waals surface area contributed by atoms with Crippen molar-refractivity contribution in [2.45, 2.75) is 74.0 Å². The molecule has 5 aliphatic rings. The number of nitrogens with zero attached hydrogens (tertiary/aromatic N) is 2. The average Bonchev–Trinajstić information content (AvgIpc) is 3.14. The largest absolute Gasteiger partial charge is 0.522 e. The third kappa shape index (κ3) is 3.56. The molecular formula is C22H19ClF3N3O5. The number of Topliss-reactive ketones (excluding diaryl/α,β-unsaturated/α-hetero) is 1. The van der Waals surface area contributed by atoms with E-state index in [0.29, 0.717) is 47.4 Å². The molecule has 34 heavy (non-hydrogen) atoms. The molecule has 7 rings (SSSR count). The predicted octanol–water partition coefficient (Wildman–Crippen LogP) is 3.83. The van der Waals surface area contributed by atoms with Gasteiger partial charge in [-0.15, -0.1) is 23.4 Å². The second kappa shape index (κ2) is 7.17. The highest BCUT2D eigenvalue weighted by Crippen LogP contribution is 2.67. The Balaban J connectivity index is 1.03. The number of carbonyl (C=O) groups is 2. The second-order valence-corrected chi connectivity index (χ2v) is 10.2. The maximum Gasteiger partial charge on any atom is 0.522 e. The Bertz CT molecular complexity index is 1170. The first-order valence-electron chi connectivity index (χ1n) is 10.9. The van der Waals surface area contributed by atoms with Crippen LogP contribution in [-0.4, -0.2) is 46.0 Å². The minimum atomic E-state index is -4.65. The summed E-state index contributed by atoms with van der Waals surface area (Å²) in [4.78, 5) is 25.2. The zero-order valence-corrected chi connectivity index (χ0v) is 18.4. The third-order valence-electron chi connectivity index (χ3n) is 7.23. The fourth-order valence-corrected chi connectivity index (χ4v) is 5.77. The molecule has 2 bridgehead atoms. The van der Waals surface area contributed by atoms with Gasteiger partial charge in [0.15, 0.2) is 11.9 Å². The van der Waals surface area contributed by atoms with Gasteiger partial charge in [-0.25, -0.2) is 0 Å². The molecule has 12 heteroatoms. The van der Waals surface area contributed by atoms with Crippen LogP contribution in [0.3, 0.4) is 0 Å². The highest BCUT2D eigenvalue weighted by molar-refractivity contribution is 6.31. The van der Waals surface area contributed by atoms with Gasteiger partial charge in [-0.3, -0.25) is 14.3 Å². The smallest absolute Gasteiger partial charge is 0.479 e. The van der Waals surface area contributed by atoms with Gasteiger partial charge < -0.3 is 14.5 Å². The summed E-state index contributed by atoms with van der Waals surface area (Å²) in [6, 6.07) is 4.71. The zero-order valence-electron chi connectivity index (χ0n) is 17.7. The molecule has 1 aromatic heterocycles. The molecule has 180 valence electrons. The summed E-state index contributed by atoms with van der Waals surface area (Å²) in [5.74, 6) is 0.329. The first kappa shape index (κ1) is 21.8. The summed E-state index contributed by atoms with van der Waals surface area (Å²) < 4.78 is 52.4. The van der Waals surface area contributed by atoms with E-state index in [-0.39, 0.29) is 42.3 Å². The van der Waals surface area contributed by atoms with Gasteiger partial charge in [0.2, 0.25) is 11.8 Å². The number of hydrogen-bond donors (Lipinski definition) is 1. The van der Waals surface area contributed by atoms with Crippen molar-refractivity contribution in [3.05, 3.63) is 40.6 Å². The van der Waals surface area contributed by atoms with E-state index in [2.05, 4.69) is 20.3 Å². The standard InChI is InChI=1S/C22H19ClF3N3O5/c23-11-1-2-15-13(5-11)14(30)6-16(32-15)17(31)27-21-7-20(8-21,9-21)19-29-28-18(33-19)10-3-12(4-10)34-22(24,25)26/h1-2,5,10,12,16H,3-4,6-9H2,(H,27,31)/t10-,12+,16?,20?,21?. The van der Waals surface area contributed by atoms with Crippen LogP contribution in [0.2, 0.25) is 5.02 Å². The SMILES string of the molecule is O=C1CC(C(=O)NC23CC(c4nnc([C@H]5C[C@@H](OC(F)(F)F)C5)o4)(C2)C3)Oc2ccc(Cl)cc21. The highest BCUT2D eigenvalue weighted by atomic mass is 35.5. The van der Waals surface area contributed by atoms with Crippen molar-refractivity contribution in [2.24, 2.45) is 0 Å². The number of ketones is 1. The number of aromatic nitrogens is 2. The number of carbonyl (C=O) groups excluding carboxylic acids is 2. The summed E-state index contributed by atoms with van der Waals surface area (Å²) in [6.07, 6.45) is -4.28. The molecule has 1 N–H and O–H groups in total. The molecule has 4 aliphatic carbocycles. The molecule has 0 radical (unpaired) electrons. The van der Waals surface area contributed by atoms with Gasteiger partial charge in [0.1, 0.15) is 5.75 Å². The number of fused-ring (bicyclic) bond motifs is 1. The molecule has 1 aliphatic heterocycles. The number of rotatable bonds is 5. The Morgan fingerprint density at radius 1 is 1.21 bits per heavy atom. The van der Waals surface area contributed by atoms with Gasteiger partial charge >= 0.3 is 6.36 Å². The van der Waals surface area contributed by atoms with Gasteiger partial charge in [0.25, 0.3) is 5.91 Å². The van der Waals surface area contributed by atoms with Crippen LogP contribution in [-0.2, 0) is 14.9 Å². The first-order chi connectivity index (χ1) is 16.0. The van der Waals surface area contributed by atoms with E-state index in [1.165, 1.54) is 6.07 Å². The van der Waals surface area contributed by atoms with Crippen molar-refractivity contribution in [3.63, 3.8) is 0 Å². The van der Waals surface area contributed by atoms with Crippen LogP contribution in [0.5, 0.6) is 5.75 Å². The summed E-state index contributed by atoms with van der Waals surface area (Å²) in [7, 11) is 0. The van der Waals surface area contributed by atoms with E-state index < -0.39 is 24.1 Å².